The van der Waals surface area contributed by atoms with Crippen molar-refractivity contribution in [3.8, 4) is 0 Å². The summed E-state index contributed by atoms with van der Waals surface area (Å²) in [5.74, 6) is -2.24. The van der Waals surface area contributed by atoms with Gasteiger partial charge in [-0.15, -0.1) is 0 Å². The van der Waals surface area contributed by atoms with E-state index in [1.807, 2.05) is 0 Å². The van der Waals surface area contributed by atoms with Gasteiger partial charge in [0, 0.05) is 13.2 Å². The van der Waals surface area contributed by atoms with Crippen LogP contribution in [0.3, 0.4) is 0 Å². The number of methoxy groups -OCH3 is 1. The van der Waals surface area contributed by atoms with E-state index in [-0.39, 0.29) is 12.1 Å². The molecule has 1 rings (SSSR count). The Kier molecular flexibility index (Phi) is 4.06. The Bertz CT molecular complexity index is 326. The number of ether oxygens (including phenoxy) is 1. The van der Waals surface area contributed by atoms with Gasteiger partial charge in [-0.1, -0.05) is 0 Å². The van der Waals surface area contributed by atoms with Crippen LogP contribution >= 0.6 is 0 Å². The maximum Gasteiger partial charge on any atom is 0.320 e. The second-order valence-electron chi connectivity index (χ2n) is 3.58. The lowest BCUT2D eigenvalue weighted by Crippen LogP contribution is -2.42. The number of carbonyl (C=O) groups is 1. The van der Waals surface area contributed by atoms with E-state index in [0.717, 1.165) is 12.8 Å². The summed E-state index contributed by atoms with van der Waals surface area (Å²) in [7, 11) is -2.21. The van der Waals surface area contributed by atoms with Crippen LogP contribution in [0.1, 0.15) is 19.3 Å². The van der Waals surface area contributed by atoms with E-state index in [4.69, 9.17) is 9.84 Å². The first kappa shape index (κ1) is 12.4. The van der Waals surface area contributed by atoms with Gasteiger partial charge < -0.3 is 9.84 Å². The van der Waals surface area contributed by atoms with Gasteiger partial charge in [-0.3, -0.25) is 4.79 Å². The number of sulfonamides is 1. The van der Waals surface area contributed by atoms with Gasteiger partial charge >= 0.3 is 5.97 Å². The van der Waals surface area contributed by atoms with Crippen LogP contribution in [0.5, 0.6) is 0 Å². The monoisotopic (exact) mass is 237 g/mol. The number of hydrogen-bond acceptors (Lipinski definition) is 4. The van der Waals surface area contributed by atoms with Crippen LogP contribution in [0.15, 0.2) is 0 Å². The van der Waals surface area contributed by atoms with Crippen LogP contribution in [-0.4, -0.2) is 44.5 Å². The highest BCUT2D eigenvalue weighted by Gasteiger charge is 2.31. The Morgan fingerprint density at radius 2 is 2.20 bits per heavy atom. The van der Waals surface area contributed by atoms with Gasteiger partial charge in [-0.2, -0.15) is 0 Å². The van der Waals surface area contributed by atoms with Crippen LogP contribution < -0.4 is 4.72 Å². The first-order chi connectivity index (χ1) is 6.94. The molecule has 1 fully saturated rings. The summed E-state index contributed by atoms with van der Waals surface area (Å²) in [6, 6.07) is -0.292. The predicted molar refractivity (Wildman–Crippen MR) is 53.0 cm³/mol. The Labute approximate surface area is 88.7 Å². The largest absolute Gasteiger partial charge is 0.480 e. The number of rotatable bonds is 5. The van der Waals surface area contributed by atoms with Crippen LogP contribution in [0, 0.1) is 0 Å². The minimum absolute atomic E-state index is 0.145. The summed E-state index contributed by atoms with van der Waals surface area (Å²) >= 11 is 0. The average Bonchev–Trinajstić information content (AvgIpc) is 2.48. The van der Waals surface area contributed by atoms with Crippen LogP contribution in [0.4, 0.5) is 0 Å². The lowest BCUT2D eigenvalue weighted by molar-refractivity contribution is -0.134. The molecule has 2 atom stereocenters. The number of carboxylic acid groups (broad SMARTS) is 1. The summed E-state index contributed by atoms with van der Waals surface area (Å²) in [6.07, 6.45) is 2.24. The molecule has 7 heteroatoms. The van der Waals surface area contributed by atoms with E-state index in [0.29, 0.717) is 6.42 Å². The minimum Gasteiger partial charge on any atom is -0.480 e. The molecule has 0 saturated heterocycles. The number of aliphatic carboxylic acids is 1. The van der Waals surface area contributed by atoms with Gasteiger partial charge in [0.15, 0.2) is 5.75 Å². The first-order valence-corrected chi connectivity index (χ1v) is 6.34. The Balaban J connectivity index is 2.57. The molecule has 15 heavy (non-hydrogen) atoms. The zero-order chi connectivity index (χ0) is 11.5. The molecule has 1 aliphatic rings. The molecule has 0 aromatic rings. The van der Waals surface area contributed by atoms with Crippen LogP contribution in [0.25, 0.3) is 0 Å². The van der Waals surface area contributed by atoms with Crippen molar-refractivity contribution < 1.29 is 23.1 Å². The van der Waals surface area contributed by atoms with E-state index in [9.17, 15) is 13.2 Å². The van der Waals surface area contributed by atoms with Crippen molar-refractivity contribution in [2.45, 2.75) is 31.4 Å². The normalized spacial score (nSPS) is 26.7. The van der Waals surface area contributed by atoms with Crippen molar-refractivity contribution in [2.24, 2.45) is 0 Å². The highest BCUT2D eigenvalue weighted by molar-refractivity contribution is 7.90. The quantitative estimate of drug-likeness (QED) is 0.676. The number of nitrogens with one attached hydrogen (secondary N) is 1. The molecule has 0 radical (unpaired) electrons. The molecule has 2 unspecified atom stereocenters. The Morgan fingerprint density at radius 3 is 2.73 bits per heavy atom. The lowest BCUT2D eigenvalue weighted by Gasteiger charge is -2.18. The minimum atomic E-state index is -3.74. The molecule has 0 bridgehead atoms. The molecule has 88 valence electrons. The third-order valence-corrected chi connectivity index (χ3v) is 3.69. The van der Waals surface area contributed by atoms with Crippen molar-refractivity contribution >= 4 is 16.0 Å². The third kappa shape index (κ3) is 3.77. The molecular formula is C8H15NO5S. The molecule has 0 spiro atoms. The molecule has 2 N–H and O–H groups in total. The Morgan fingerprint density at radius 1 is 1.53 bits per heavy atom. The van der Waals surface area contributed by atoms with Crippen molar-refractivity contribution in [1.82, 2.24) is 4.72 Å². The SMILES string of the molecule is COC1CCCC1NS(=O)(=O)CC(=O)O. The molecular weight excluding hydrogens is 222 g/mol. The highest BCUT2D eigenvalue weighted by Crippen LogP contribution is 2.22. The molecule has 0 heterocycles. The molecule has 6 nitrogen and oxygen atoms in total. The fourth-order valence-electron chi connectivity index (χ4n) is 1.78. The fourth-order valence-corrected chi connectivity index (χ4v) is 2.92. The van der Waals surface area contributed by atoms with Crippen LogP contribution in [-0.2, 0) is 19.6 Å². The number of carboxylic acids is 1. The van der Waals surface area contributed by atoms with E-state index < -0.39 is 21.7 Å². The summed E-state index contributed by atoms with van der Waals surface area (Å²) in [6.45, 7) is 0. The summed E-state index contributed by atoms with van der Waals surface area (Å²) < 4.78 is 30.1. The average molecular weight is 237 g/mol. The molecule has 1 aliphatic carbocycles. The maximum atomic E-state index is 11.3. The summed E-state index contributed by atoms with van der Waals surface area (Å²) in [4.78, 5) is 10.3. The zero-order valence-corrected chi connectivity index (χ0v) is 9.29. The molecule has 0 amide bonds. The van der Waals surface area contributed by atoms with Crippen molar-refractivity contribution in [2.75, 3.05) is 12.9 Å². The molecule has 1 saturated carbocycles. The predicted octanol–water partition coefficient (Wildman–Crippen LogP) is -0.442. The molecule has 0 aromatic heterocycles. The summed E-state index contributed by atoms with van der Waals surface area (Å²) in [5, 5.41) is 8.40. The topological polar surface area (TPSA) is 92.7 Å². The van der Waals surface area contributed by atoms with Crippen LogP contribution in [0.2, 0.25) is 0 Å². The fraction of sp³-hybridized carbons (Fsp3) is 0.875. The van der Waals surface area contributed by atoms with Crippen molar-refractivity contribution in [3.05, 3.63) is 0 Å². The van der Waals surface area contributed by atoms with Gasteiger partial charge in [0.25, 0.3) is 0 Å². The van der Waals surface area contributed by atoms with Gasteiger partial charge in [0.1, 0.15) is 0 Å². The maximum absolute atomic E-state index is 11.3. The van der Waals surface area contributed by atoms with Crippen molar-refractivity contribution in [3.63, 3.8) is 0 Å². The second-order valence-corrected chi connectivity index (χ2v) is 5.34. The Hall–Kier alpha value is -0.660. The molecule has 0 aromatic carbocycles. The highest BCUT2D eigenvalue weighted by atomic mass is 32.2. The second kappa shape index (κ2) is 4.91. The van der Waals surface area contributed by atoms with E-state index in [1.54, 1.807) is 0 Å². The zero-order valence-electron chi connectivity index (χ0n) is 8.47. The van der Waals surface area contributed by atoms with E-state index in [2.05, 4.69) is 4.72 Å². The lowest BCUT2D eigenvalue weighted by atomic mass is 10.2. The summed E-state index contributed by atoms with van der Waals surface area (Å²) in [5.41, 5.74) is 0. The smallest absolute Gasteiger partial charge is 0.320 e. The number of hydrogen-bond donors (Lipinski definition) is 2. The third-order valence-electron chi connectivity index (χ3n) is 2.40. The van der Waals surface area contributed by atoms with E-state index in [1.165, 1.54) is 7.11 Å². The van der Waals surface area contributed by atoms with Crippen molar-refractivity contribution in [1.29, 1.82) is 0 Å². The molecule has 0 aliphatic heterocycles. The first-order valence-electron chi connectivity index (χ1n) is 4.69. The van der Waals surface area contributed by atoms with Gasteiger partial charge in [0.2, 0.25) is 10.0 Å². The van der Waals surface area contributed by atoms with Gasteiger partial charge in [-0.05, 0) is 19.3 Å². The van der Waals surface area contributed by atoms with Gasteiger partial charge in [0.05, 0.1) is 6.10 Å². The standard InChI is InChI=1S/C8H15NO5S/c1-14-7-4-2-3-6(7)9-15(12,13)5-8(10)11/h6-7,9H,2-5H2,1H3,(H,10,11). The van der Waals surface area contributed by atoms with E-state index >= 15 is 0 Å². The van der Waals surface area contributed by atoms with Gasteiger partial charge in [-0.25, -0.2) is 13.1 Å².